The second-order valence-electron chi connectivity index (χ2n) is 7.58. The van der Waals surface area contributed by atoms with Gasteiger partial charge in [-0.1, -0.05) is 24.3 Å². The largest absolute Gasteiger partial charge is 0.367 e. The summed E-state index contributed by atoms with van der Waals surface area (Å²) in [6.45, 7) is 3.60. The Morgan fingerprint density at radius 1 is 0.889 bits per heavy atom. The third kappa shape index (κ3) is 4.72. The summed E-state index contributed by atoms with van der Waals surface area (Å²) >= 11 is 0. The van der Waals surface area contributed by atoms with E-state index in [0.29, 0.717) is 18.7 Å². The molecular weight excluding hydrogens is 346 g/mol. The van der Waals surface area contributed by atoms with Crippen molar-refractivity contribution in [2.45, 2.75) is 37.5 Å². The van der Waals surface area contributed by atoms with Crippen LogP contribution in [-0.2, 0) is 4.74 Å². The standard InChI is InChI=1S/C22H26F2N2O/c23-18-5-1-16(2-6-18)22(17-3-7-19(24)8-4-17)27-14-13-26-12-11-20-9-10-21(15-26)25-20/h1-8,20-22,25H,9-15H2/t20-,21+/m1/s1. The summed E-state index contributed by atoms with van der Waals surface area (Å²) in [5.74, 6) is -0.549. The predicted molar refractivity (Wildman–Crippen MR) is 102 cm³/mol. The minimum atomic E-state index is -0.326. The minimum absolute atomic E-state index is 0.274. The van der Waals surface area contributed by atoms with E-state index in [-0.39, 0.29) is 17.7 Å². The van der Waals surface area contributed by atoms with Crippen molar-refractivity contribution in [1.29, 1.82) is 0 Å². The first-order valence-corrected chi connectivity index (χ1v) is 9.78. The van der Waals surface area contributed by atoms with Gasteiger partial charge in [-0.15, -0.1) is 0 Å². The monoisotopic (exact) mass is 372 g/mol. The Morgan fingerprint density at radius 3 is 2.11 bits per heavy atom. The Kier molecular flexibility index (Phi) is 5.81. The Balaban J connectivity index is 1.41. The van der Waals surface area contributed by atoms with E-state index in [9.17, 15) is 8.78 Å². The molecule has 144 valence electrons. The van der Waals surface area contributed by atoms with E-state index in [1.165, 1.54) is 43.5 Å². The van der Waals surface area contributed by atoms with E-state index < -0.39 is 0 Å². The van der Waals surface area contributed by atoms with E-state index in [4.69, 9.17) is 4.74 Å². The predicted octanol–water partition coefficient (Wildman–Crippen LogP) is 3.90. The highest BCUT2D eigenvalue weighted by Crippen LogP contribution is 2.27. The van der Waals surface area contributed by atoms with Gasteiger partial charge in [-0.3, -0.25) is 4.90 Å². The first kappa shape index (κ1) is 18.5. The molecule has 2 fully saturated rings. The third-order valence-electron chi connectivity index (χ3n) is 5.64. The van der Waals surface area contributed by atoms with Gasteiger partial charge in [0.05, 0.1) is 6.61 Å². The number of fused-ring (bicyclic) bond motifs is 2. The molecule has 2 saturated heterocycles. The molecule has 2 bridgehead atoms. The highest BCUT2D eigenvalue weighted by molar-refractivity contribution is 5.30. The molecule has 2 heterocycles. The molecule has 0 radical (unpaired) electrons. The Labute approximate surface area is 159 Å². The number of hydrogen-bond acceptors (Lipinski definition) is 3. The van der Waals surface area contributed by atoms with Crippen LogP contribution in [0.2, 0.25) is 0 Å². The van der Waals surface area contributed by atoms with Crippen molar-refractivity contribution in [1.82, 2.24) is 10.2 Å². The summed E-state index contributed by atoms with van der Waals surface area (Å²) in [6.07, 6.45) is 3.42. The zero-order chi connectivity index (χ0) is 18.6. The Hall–Kier alpha value is -1.82. The highest BCUT2D eigenvalue weighted by atomic mass is 19.1. The smallest absolute Gasteiger partial charge is 0.123 e. The van der Waals surface area contributed by atoms with Gasteiger partial charge in [0.1, 0.15) is 17.7 Å². The second kappa shape index (κ2) is 8.46. The fourth-order valence-electron chi connectivity index (χ4n) is 4.18. The van der Waals surface area contributed by atoms with Crippen LogP contribution in [0.4, 0.5) is 8.78 Å². The minimum Gasteiger partial charge on any atom is -0.367 e. The van der Waals surface area contributed by atoms with Crippen molar-refractivity contribution in [3.63, 3.8) is 0 Å². The zero-order valence-corrected chi connectivity index (χ0v) is 15.4. The molecule has 4 rings (SSSR count). The number of halogens is 2. The molecule has 0 aromatic heterocycles. The summed E-state index contributed by atoms with van der Waals surface area (Å²) in [4.78, 5) is 2.46. The average Bonchev–Trinajstić information content (AvgIpc) is 3.01. The van der Waals surface area contributed by atoms with Crippen LogP contribution in [-0.4, -0.2) is 43.2 Å². The van der Waals surface area contributed by atoms with Crippen molar-refractivity contribution in [2.24, 2.45) is 0 Å². The molecule has 27 heavy (non-hydrogen) atoms. The van der Waals surface area contributed by atoms with Crippen LogP contribution >= 0.6 is 0 Å². The first-order chi connectivity index (χ1) is 13.2. The van der Waals surface area contributed by atoms with E-state index in [2.05, 4.69) is 10.2 Å². The lowest BCUT2D eigenvalue weighted by atomic mass is 10.0. The van der Waals surface area contributed by atoms with E-state index in [1.54, 1.807) is 24.3 Å². The number of nitrogens with one attached hydrogen (secondary N) is 1. The maximum absolute atomic E-state index is 13.3. The van der Waals surface area contributed by atoms with Crippen LogP contribution in [0.3, 0.4) is 0 Å². The molecule has 2 aliphatic rings. The van der Waals surface area contributed by atoms with Crippen molar-refractivity contribution in [3.05, 3.63) is 71.3 Å². The molecule has 5 heteroatoms. The molecule has 0 amide bonds. The molecule has 0 unspecified atom stereocenters. The molecule has 3 nitrogen and oxygen atoms in total. The highest BCUT2D eigenvalue weighted by Gasteiger charge is 2.29. The topological polar surface area (TPSA) is 24.5 Å². The van der Waals surface area contributed by atoms with Gasteiger partial charge in [-0.2, -0.15) is 0 Å². The van der Waals surface area contributed by atoms with Gasteiger partial charge >= 0.3 is 0 Å². The molecule has 0 spiro atoms. The number of benzene rings is 2. The maximum Gasteiger partial charge on any atom is 0.123 e. The maximum atomic E-state index is 13.3. The zero-order valence-electron chi connectivity index (χ0n) is 15.4. The number of rotatable bonds is 6. The molecular formula is C22H26F2N2O. The van der Waals surface area contributed by atoms with Gasteiger partial charge in [0.25, 0.3) is 0 Å². The summed E-state index contributed by atoms with van der Waals surface area (Å²) in [7, 11) is 0. The lowest BCUT2D eigenvalue weighted by Crippen LogP contribution is -2.37. The molecule has 0 saturated carbocycles. The lowest BCUT2D eigenvalue weighted by Gasteiger charge is -2.25. The van der Waals surface area contributed by atoms with E-state index >= 15 is 0 Å². The molecule has 2 aliphatic heterocycles. The summed E-state index contributed by atoms with van der Waals surface area (Å²) in [5.41, 5.74) is 1.75. The van der Waals surface area contributed by atoms with Crippen LogP contribution in [0.5, 0.6) is 0 Å². The molecule has 2 atom stereocenters. The molecule has 1 N–H and O–H groups in total. The van der Waals surface area contributed by atoms with Gasteiger partial charge in [0.15, 0.2) is 0 Å². The Bertz CT molecular complexity index is 689. The van der Waals surface area contributed by atoms with Gasteiger partial charge in [-0.25, -0.2) is 8.78 Å². The number of ether oxygens (including phenoxy) is 1. The lowest BCUT2D eigenvalue weighted by molar-refractivity contribution is 0.0588. The summed E-state index contributed by atoms with van der Waals surface area (Å²) in [6, 6.07) is 14.0. The quantitative estimate of drug-likeness (QED) is 0.832. The molecule has 0 aliphatic carbocycles. The van der Waals surface area contributed by atoms with Gasteiger partial charge in [0, 0.05) is 25.2 Å². The third-order valence-corrected chi connectivity index (χ3v) is 5.64. The van der Waals surface area contributed by atoms with Crippen LogP contribution < -0.4 is 5.32 Å². The van der Waals surface area contributed by atoms with Crippen LogP contribution in [0.25, 0.3) is 0 Å². The van der Waals surface area contributed by atoms with Crippen molar-refractivity contribution in [3.8, 4) is 0 Å². The van der Waals surface area contributed by atoms with E-state index in [1.807, 2.05) is 0 Å². The van der Waals surface area contributed by atoms with Crippen LogP contribution in [0.15, 0.2) is 48.5 Å². The van der Waals surface area contributed by atoms with Crippen LogP contribution in [0, 0.1) is 11.6 Å². The fourth-order valence-corrected chi connectivity index (χ4v) is 4.18. The van der Waals surface area contributed by atoms with Gasteiger partial charge in [-0.05, 0) is 61.2 Å². The fraction of sp³-hybridized carbons (Fsp3) is 0.455. The average molecular weight is 372 g/mol. The normalized spacial score (nSPS) is 22.9. The number of hydrogen-bond donors (Lipinski definition) is 1. The molecule has 2 aromatic carbocycles. The Morgan fingerprint density at radius 2 is 1.48 bits per heavy atom. The summed E-state index contributed by atoms with van der Waals surface area (Å²) < 4.78 is 32.8. The van der Waals surface area contributed by atoms with Crippen molar-refractivity contribution in [2.75, 3.05) is 26.2 Å². The van der Waals surface area contributed by atoms with E-state index in [0.717, 1.165) is 30.8 Å². The van der Waals surface area contributed by atoms with Gasteiger partial charge < -0.3 is 10.1 Å². The van der Waals surface area contributed by atoms with Crippen molar-refractivity contribution >= 4 is 0 Å². The van der Waals surface area contributed by atoms with Crippen LogP contribution in [0.1, 0.15) is 36.5 Å². The number of likely N-dealkylation sites (tertiary alicyclic amines) is 1. The number of nitrogens with zero attached hydrogens (tertiary/aromatic N) is 1. The van der Waals surface area contributed by atoms with Gasteiger partial charge in [0.2, 0.25) is 0 Å². The molecule has 2 aromatic rings. The summed E-state index contributed by atoms with van der Waals surface area (Å²) in [5, 5.41) is 3.69. The SMILES string of the molecule is Fc1ccc(C(OCCN2CC[C@H]3CC[C@@H](C2)N3)c2ccc(F)cc2)cc1. The van der Waals surface area contributed by atoms with Crippen molar-refractivity contribution < 1.29 is 13.5 Å². The first-order valence-electron chi connectivity index (χ1n) is 9.78. The second-order valence-corrected chi connectivity index (χ2v) is 7.58.